The van der Waals surface area contributed by atoms with Gasteiger partial charge in [-0.3, -0.25) is 14.4 Å². The van der Waals surface area contributed by atoms with Crippen LogP contribution in [-0.4, -0.2) is 29.3 Å². The zero-order valence-corrected chi connectivity index (χ0v) is 19.3. The summed E-state index contributed by atoms with van der Waals surface area (Å²) < 4.78 is 83.8. The molecule has 0 radical (unpaired) electrons. The predicted molar refractivity (Wildman–Crippen MR) is 119 cm³/mol. The molecule has 0 bridgehead atoms. The lowest BCUT2D eigenvalue weighted by atomic mass is 10.00. The van der Waals surface area contributed by atoms with E-state index in [4.69, 9.17) is 11.6 Å². The normalized spacial score (nSPS) is 15.1. The minimum atomic E-state index is -4.98. The number of hydrogen-bond donors (Lipinski definition) is 3. The average molecular weight is 545 g/mol. The van der Waals surface area contributed by atoms with E-state index in [0.717, 1.165) is 16.7 Å². The minimum Gasteiger partial charge on any atom is -0.354 e. The molecule has 3 amide bonds. The van der Waals surface area contributed by atoms with Crippen LogP contribution in [0.5, 0.6) is 0 Å². The molecule has 1 aliphatic rings. The number of fused-ring (bicyclic) bond motifs is 1. The van der Waals surface area contributed by atoms with Crippen molar-refractivity contribution in [3.05, 3.63) is 87.0 Å². The Morgan fingerprint density at radius 1 is 1.05 bits per heavy atom. The lowest BCUT2D eigenvalue weighted by molar-refractivity contribution is -0.137. The van der Waals surface area contributed by atoms with Gasteiger partial charge in [-0.15, -0.1) is 0 Å². The van der Waals surface area contributed by atoms with E-state index in [1.165, 1.54) is 13.1 Å². The number of hydrogen-bond acceptors (Lipinski definition) is 3. The average Bonchev–Trinajstić information content (AvgIpc) is 3.09. The molecule has 7 nitrogen and oxygen atoms in total. The molecule has 14 heteroatoms. The molecule has 2 heterocycles. The maximum Gasteiger partial charge on any atom is 0.416 e. The van der Waals surface area contributed by atoms with Crippen LogP contribution in [0.2, 0.25) is 5.02 Å². The highest BCUT2D eigenvalue weighted by atomic mass is 35.5. The van der Waals surface area contributed by atoms with Gasteiger partial charge in [-0.2, -0.15) is 13.2 Å². The van der Waals surface area contributed by atoms with Gasteiger partial charge in [0.2, 0.25) is 5.91 Å². The van der Waals surface area contributed by atoms with Crippen LogP contribution in [0.1, 0.15) is 43.7 Å². The van der Waals surface area contributed by atoms with Crippen LogP contribution in [0.3, 0.4) is 0 Å². The van der Waals surface area contributed by atoms with Crippen molar-refractivity contribution in [2.45, 2.75) is 18.8 Å². The number of anilines is 1. The number of halogens is 7. The molecule has 0 fully saturated rings. The Kier molecular flexibility index (Phi) is 6.67. The number of nitrogens with zero attached hydrogens (tertiary/aromatic N) is 1. The van der Waals surface area contributed by atoms with Gasteiger partial charge in [0.1, 0.15) is 29.6 Å². The van der Waals surface area contributed by atoms with Crippen molar-refractivity contribution in [1.82, 2.24) is 15.2 Å². The Morgan fingerprint density at radius 3 is 2.41 bits per heavy atom. The second-order valence-electron chi connectivity index (χ2n) is 7.93. The Balaban J connectivity index is 1.90. The number of nitrogens with one attached hydrogen (secondary N) is 3. The van der Waals surface area contributed by atoms with E-state index in [9.17, 15) is 36.3 Å². The number of alkyl halides is 3. The highest BCUT2D eigenvalue weighted by Crippen LogP contribution is 2.40. The van der Waals surface area contributed by atoms with Crippen molar-refractivity contribution in [3.8, 4) is 0 Å². The van der Waals surface area contributed by atoms with E-state index in [2.05, 4.69) is 16.0 Å². The molecular formula is C23H15ClF6N4O3. The third-order valence-electron chi connectivity index (χ3n) is 5.56. The Labute approximate surface area is 209 Å². The molecule has 1 atom stereocenters. The Hall–Kier alpha value is -4.00. The van der Waals surface area contributed by atoms with Gasteiger partial charge in [0, 0.05) is 23.2 Å². The summed E-state index contributed by atoms with van der Waals surface area (Å²) in [7, 11) is 1.18. The molecule has 194 valence electrons. The summed E-state index contributed by atoms with van der Waals surface area (Å²) in [4.78, 5) is 37.8. The molecule has 0 spiro atoms. The smallest absolute Gasteiger partial charge is 0.354 e. The molecule has 0 aliphatic carbocycles. The van der Waals surface area contributed by atoms with Crippen molar-refractivity contribution < 1.29 is 40.7 Å². The summed E-state index contributed by atoms with van der Waals surface area (Å²) in [6.45, 7) is -0.591. The molecule has 37 heavy (non-hydrogen) atoms. The molecule has 4 rings (SSSR count). The molecule has 1 aliphatic heterocycles. The fourth-order valence-corrected chi connectivity index (χ4v) is 4.20. The summed E-state index contributed by atoms with van der Waals surface area (Å²) in [6.07, 6.45) is -4.98. The summed E-state index contributed by atoms with van der Waals surface area (Å²) in [6, 6.07) is 2.80. The third-order valence-corrected chi connectivity index (χ3v) is 5.91. The molecule has 3 N–H and O–H groups in total. The number of carbonyl (C=O) groups is 3. The number of amides is 3. The molecular weight excluding hydrogens is 530 g/mol. The summed E-state index contributed by atoms with van der Waals surface area (Å²) >= 11 is 6.18. The van der Waals surface area contributed by atoms with E-state index in [1.807, 2.05) is 0 Å². The number of benzene rings is 2. The van der Waals surface area contributed by atoms with Crippen molar-refractivity contribution in [2.24, 2.45) is 0 Å². The second kappa shape index (κ2) is 9.47. The van der Waals surface area contributed by atoms with Gasteiger partial charge >= 0.3 is 6.18 Å². The Morgan fingerprint density at radius 2 is 1.76 bits per heavy atom. The van der Waals surface area contributed by atoms with Gasteiger partial charge < -0.3 is 20.5 Å². The maximum atomic E-state index is 15.6. The largest absolute Gasteiger partial charge is 0.416 e. The number of aromatic nitrogens is 1. The topological polar surface area (TPSA) is 92.2 Å². The van der Waals surface area contributed by atoms with Crippen molar-refractivity contribution in [2.75, 3.05) is 12.4 Å². The highest BCUT2D eigenvalue weighted by Gasteiger charge is 2.38. The molecule has 0 saturated heterocycles. The van der Waals surface area contributed by atoms with E-state index < -0.39 is 76.4 Å². The predicted octanol–water partition coefficient (Wildman–Crippen LogP) is 4.41. The van der Waals surface area contributed by atoms with E-state index in [1.54, 1.807) is 0 Å². The summed E-state index contributed by atoms with van der Waals surface area (Å²) in [5.41, 5.74) is -3.95. The van der Waals surface area contributed by atoms with Crippen molar-refractivity contribution in [1.29, 1.82) is 0 Å². The van der Waals surface area contributed by atoms with Crippen LogP contribution >= 0.6 is 11.6 Å². The van der Waals surface area contributed by atoms with Crippen molar-refractivity contribution in [3.63, 3.8) is 0 Å². The van der Waals surface area contributed by atoms with Crippen LogP contribution in [0.15, 0.2) is 36.4 Å². The second-order valence-corrected chi connectivity index (χ2v) is 8.34. The molecule has 0 saturated carbocycles. The van der Waals surface area contributed by atoms with Gasteiger partial charge in [0.05, 0.1) is 17.3 Å². The molecule has 2 aromatic carbocycles. The van der Waals surface area contributed by atoms with Crippen LogP contribution in [-0.2, 0) is 17.5 Å². The van der Waals surface area contributed by atoms with Crippen LogP contribution in [0.4, 0.5) is 32.0 Å². The van der Waals surface area contributed by atoms with Gasteiger partial charge in [-0.05, 0) is 36.4 Å². The monoisotopic (exact) mass is 544 g/mol. The molecule has 1 unspecified atom stereocenters. The SMILES string of the molecule is CNC(=O)c1c(F)c(NC(=O)c2cc(F)cc(C(F)(F)F)c2)c2n1CC(=O)NC2c1cc(F)ccc1Cl. The first kappa shape index (κ1) is 26.1. The lowest BCUT2D eigenvalue weighted by Crippen LogP contribution is -2.41. The van der Waals surface area contributed by atoms with Gasteiger partial charge in [-0.1, -0.05) is 11.6 Å². The quantitative estimate of drug-likeness (QED) is 0.425. The lowest BCUT2D eigenvalue weighted by Gasteiger charge is -2.28. The van der Waals surface area contributed by atoms with Crippen molar-refractivity contribution >= 4 is 35.0 Å². The summed E-state index contributed by atoms with van der Waals surface area (Å²) in [5, 5.41) is 6.68. The standard InChI is InChI=1S/C23H15ClF6N4O3/c1-31-22(37)19-16(27)18(33-21(36)9-4-10(23(28,29)30)6-12(26)5-9)20-17(32-15(35)8-34(19)20)13-7-11(25)2-3-14(13)24/h2-7,17H,8H2,1H3,(H,31,37)(H,32,35)(H,33,36). The zero-order valence-electron chi connectivity index (χ0n) is 18.6. The van der Waals surface area contributed by atoms with E-state index in [0.29, 0.717) is 12.1 Å². The highest BCUT2D eigenvalue weighted by molar-refractivity contribution is 6.31. The number of rotatable bonds is 4. The van der Waals surface area contributed by atoms with E-state index >= 15 is 4.39 Å². The zero-order chi connectivity index (χ0) is 27.2. The van der Waals surface area contributed by atoms with Gasteiger partial charge in [-0.25, -0.2) is 13.2 Å². The van der Waals surface area contributed by atoms with Crippen LogP contribution < -0.4 is 16.0 Å². The third kappa shape index (κ3) is 4.86. The molecule has 3 aromatic rings. The van der Waals surface area contributed by atoms with Gasteiger partial charge in [0.15, 0.2) is 5.82 Å². The van der Waals surface area contributed by atoms with Gasteiger partial charge in [0.25, 0.3) is 11.8 Å². The first-order chi connectivity index (χ1) is 17.3. The number of carbonyl (C=O) groups excluding carboxylic acids is 3. The van der Waals surface area contributed by atoms with E-state index in [-0.39, 0.29) is 22.3 Å². The Bertz CT molecular complexity index is 1450. The first-order valence-corrected chi connectivity index (χ1v) is 10.8. The fraction of sp³-hybridized carbons (Fsp3) is 0.174. The maximum absolute atomic E-state index is 15.6. The fourth-order valence-electron chi connectivity index (χ4n) is 3.98. The van der Waals surface area contributed by atoms with Crippen LogP contribution in [0, 0.1) is 17.5 Å². The minimum absolute atomic E-state index is 0.0551. The summed E-state index contributed by atoms with van der Waals surface area (Å²) in [5.74, 6) is -6.53. The van der Waals surface area contributed by atoms with Crippen LogP contribution in [0.25, 0.3) is 0 Å². The molecule has 1 aromatic heterocycles. The first-order valence-electron chi connectivity index (χ1n) is 10.4.